The first-order valence-corrected chi connectivity index (χ1v) is 18.8. The Kier molecular flexibility index (Phi) is 9.86. The van der Waals surface area contributed by atoms with E-state index in [4.69, 9.17) is 14.5 Å². The van der Waals surface area contributed by atoms with Gasteiger partial charge in [0, 0.05) is 81.6 Å². The van der Waals surface area contributed by atoms with Gasteiger partial charge in [0.1, 0.15) is 17.3 Å². The number of nitrogens with one attached hydrogen (secondary N) is 2. The lowest BCUT2D eigenvalue weighted by Gasteiger charge is -2.42. The Morgan fingerprint density at radius 2 is 1.74 bits per heavy atom. The number of anilines is 6. The van der Waals surface area contributed by atoms with E-state index >= 15 is 0 Å². The lowest BCUT2D eigenvalue weighted by molar-refractivity contribution is 0.0982. The Labute approximate surface area is 287 Å². The summed E-state index contributed by atoms with van der Waals surface area (Å²) in [4.78, 5) is 16.7. The fraction of sp³-hybridized carbons (Fsp3) is 0.484. The third-order valence-corrected chi connectivity index (χ3v) is 11.4. The van der Waals surface area contributed by atoms with Crippen molar-refractivity contribution in [2.24, 2.45) is 0 Å². The van der Waals surface area contributed by atoms with Crippen molar-refractivity contribution in [3.05, 3.63) is 45.0 Å². The van der Waals surface area contributed by atoms with Gasteiger partial charge in [0.15, 0.2) is 0 Å². The number of aromatic nitrogens is 2. The smallest absolute Gasteiger partial charge is 0.232 e. The first-order chi connectivity index (χ1) is 22.0. The van der Waals surface area contributed by atoms with E-state index in [0.717, 1.165) is 80.0 Å². The van der Waals surface area contributed by atoms with Crippen LogP contribution in [0.4, 0.5) is 34.5 Å². The number of piperazine rings is 1. The number of piperidine rings is 1. The Bertz CT molecular complexity index is 1700. The molecule has 4 heterocycles. The summed E-state index contributed by atoms with van der Waals surface area (Å²) in [6.45, 7) is 7.10. The average Bonchev–Trinajstić information content (AvgIpc) is 3.50. The van der Waals surface area contributed by atoms with E-state index in [1.165, 1.54) is 17.6 Å². The third kappa shape index (κ3) is 7.18. The molecule has 2 aromatic carbocycles. The van der Waals surface area contributed by atoms with Gasteiger partial charge in [0.25, 0.3) is 0 Å². The van der Waals surface area contributed by atoms with Crippen LogP contribution in [-0.4, -0.2) is 108 Å². The highest BCUT2D eigenvalue weighted by molar-refractivity contribution is 9.11. The Morgan fingerprint density at radius 1 is 1.00 bits per heavy atom. The van der Waals surface area contributed by atoms with E-state index in [1.54, 1.807) is 13.3 Å². The maximum absolute atomic E-state index is 12.5. The summed E-state index contributed by atoms with van der Waals surface area (Å²) < 4.78 is 39.3. The van der Waals surface area contributed by atoms with Gasteiger partial charge in [0.05, 0.1) is 47.2 Å². The number of ether oxygens (including phenoxy) is 2. The van der Waals surface area contributed by atoms with Crippen LogP contribution >= 0.6 is 31.9 Å². The van der Waals surface area contributed by atoms with Crippen molar-refractivity contribution in [3.63, 3.8) is 0 Å². The molecule has 12 nitrogen and oxygen atoms in total. The van der Waals surface area contributed by atoms with Crippen molar-refractivity contribution in [1.29, 1.82) is 0 Å². The molecule has 0 saturated carbocycles. The van der Waals surface area contributed by atoms with Crippen LogP contribution in [0, 0.1) is 0 Å². The molecule has 3 aliphatic rings. The van der Waals surface area contributed by atoms with Gasteiger partial charge >= 0.3 is 0 Å². The quantitative estimate of drug-likeness (QED) is 0.305. The van der Waals surface area contributed by atoms with Gasteiger partial charge in [-0.1, -0.05) is 0 Å². The summed E-state index contributed by atoms with van der Waals surface area (Å²) in [5, 5.41) is 6.60. The minimum absolute atomic E-state index is 0.340. The molecular weight excluding hydrogens is 740 g/mol. The van der Waals surface area contributed by atoms with Crippen molar-refractivity contribution in [3.8, 4) is 11.5 Å². The zero-order valence-corrected chi connectivity index (χ0v) is 30.5. The van der Waals surface area contributed by atoms with Gasteiger partial charge < -0.3 is 29.9 Å². The zero-order valence-electron chi connectivity index (χ0n) is 26.5. The lowest BCUT2D eigenvalue weighted by atomic mass is 10.0. The molecule has 0 aliphatic carbocycles. The summed E-state index contributed by atoms with van der Waals surface area (Å²) in [5.74, 6) is 2.19. The van der Waals surface area contributed by atoms with Gasteiger partial charge in [-0.3, -0.25) is 9.21 Å². The molecule has 46 heavy (non-hydrogen) atoms. The molecule has 0 atom stereocenters. The Morgan fingerprint density at radius 3 is 2.43 bits per heavy atom. The molecule has 15 heteroatoms. The highest BCUT2D eigenvalue weighted by Crippen LogP contribution is 2.41. The molecule has 6 rings (SSSR count). The van der Waals surface area contributed by atoms with Gasteiger partial charge in [-0.05, 0) is 69.4 Å². The normalized spacial score (nSPS) is 17.8. The minimum atomic E-state index is -3.51. The zero-order chi connectivity index (χ0) is 32.6. The van der Waals surface area contributed by atoms with Crippen LogP contribution < -0.4 is 29.3 Å². The molecule has 3 aliphatic heterocycles. The fourth-order valence-electron chi connectivity index (χ4n) is 6.23. The van der Waals surface area contributed by atoms with Crippen molar-refractivity contribution in [2.75, 3.05) is 93.2 Å². The maximum atomic E-state index is 12.5. The number of methoxy groups -OCH3 is 1. The van der Waals surface area contributed by atoms with E-state index in [-0.39, 0.29) is 0 Å². The van der Waals surface area contributed by atoms with Crippen molar-refractivity contribution in [2.45, 2.75) is 25.3 Å². The van der Waals surface area contributed by atoms with Crippen molar-refractivity contribution in [1.82, 2.24) is 19.8 Å². The van der Waals surface area contributed by atoms with Crippen LogP contribution in [0.25, 0.3) is 0 Å². The molecule has 2 N–H and O–H groups in total. The van der Waals surface area contributed by atoms with E-state index in [9.17, 15) is 8.42 Å². The topological polar surface area (TPSA) is 115 Å². The van der Waals surface area contributed by atoms with E-state index in [1.807, 2.05) is 18.2 Å². The van der Waals surface area contributed by atoms with Crippen molar-refractivity contribution >= 4 is 76.4 Å². The number of hydrogen-bond acceptors (Lipinski definition) is 11. The van der Waals surface area contributed by atoms with Crippen molar-refractivity contribution < 1.29 is 17.9 Å². The van der Waals surface area contributed by atoms with Gasteiger partial charge in [0.2, 0.25) is 16.0 Å². The van der Waals surface area contributed by atoms with Crippen LogP contribution in [0.3, 0.4) is 0 Å². The standard InChI is InChI=1S/C31H40Br2N8O4S/c1-38-10-12-40(13-11-38)21-5-8-41(9-6-21)26-18-29(44-3)25(16-22(26)32)36-31-34-19-23(33)30(37-31)35-24-17-28-20(7-14-45-28)15-27(24)39(2)46(4,42)43/h15-19,21H,5-14H2,1-4H3,(H2,34,35,36,37). The first kappa shape index (κ1) is 33.1. The monoisotopic (exact) mass is 778 g/mol. The molecule has 248 valence electrons. The fourth-order valence-corrected chi connectivity index (χ4v) is 7.62. The highest BCUT2D eigenvalue weighted by Gasteiger charge is 2.28. The SMILES string of the molecule is COc1cc(N2CCC(N3CCN(C)CC3)CC2)c(Br)cc1Nc1ncc(Br)c(Nc2cc3c(cc2N(C)S(C)(=O)=O)CCO3)n1. The molecule has 2 saturated heterocycles. The first-order valence-electron chi connectivity index (χ1n) is 15.4. The molecular formula is C31H40Br2N8O4S. The number of halogens is 2. The Hall–Kier alpha value is -2.85. The van der Waals surface area contributed by atoms with Crippen LogP contribution in [0.5, 0.6) is 11.5 Å². The molecule has 0 amide bonds. The van der Waals surface area contributed by atoms with E-state index in [2.05, 4.69) is 75.3 Å². The number of rotatable bonds is 9. The number of nitrogens with zero attached hydrogens (tertiary/aromatic N) is 6. The second-order valence-corrected chi connectivity index (χ2v) is 15.7. The number of sulfonamides is 1. The van der Waals surface area contributed by atoms with Gasteiger partial charge in [-0.2, -0.15) is 4.98 Å². The van der Waals surface area contributed by atoms with Crippen LogP contribution in [-0.2, 0) is 16.4 Å². The summed E-state index contributed by atoms with van der Waals surface area (Å²) in [7, 11) is 1.88. The molecule has 0 spiro atoms. The predicted octanol–water partition coefficient (Wildman–Crippen LogP) is 5.04. The second-order valence-electron chi connectivity index (χ2n) is 12.0. The molecule has 3 aromatic rings. The van der Waals surface area contributed by atoms with Gasteiger partial charge in [-0.25, -0.2) is 13.4 Å². The largest absolute Gasteiger partial charge is 0.494 e. The molecule has 0 unspecified atom stereocenters. The van der Waals surface area contributed by atoms with Crippen LogP contribution in [0.2, 0.25) is 0 Å². The number of likely N-dealkylation sites (N-methyl/N-ethyl adjacent to an activating group) is 1. The molecule has 0 radical (unpaired) electrons. The summed E-state index contributed by atoms with van der Waals surface area (Å²) in [6, 6.07) is 8.34. The number of benzene rings is 2. The Balaban J connectivity index is 1.20. The highest BCUT2D eigenvalue weighted by atomic mass is 79.9. The molecule has 0 bridgehead atoms. The summed E-state index contributed by atoms with van der Waals surface area (Å²) in [6.07, 6.45) is 5.81. The average molecular weight is 781 g/mol. The van der Waals surface area contributed by atoms with E-state index in [0.29, 0.717) is 51.7 Å². The summed E-state index contributed by atoms with van der Waals surface area (Å²) >= 11 is 7.35. The van der Waals surface area contributed by atoms with E-state index < -0.39 is 10.0 Å². The van der Waals surface area contributed by atoms with Crippen LogP contribution in [0.15, 0.2) is 39.4 Å². The summed E-state index contributed by atoms with van der Waals surface area (Å²) in [5.41, 5.74) is 3.81. The lowest BCUT2D eigenvalue weighted by Crippen LogP contribution is -2.52. The number of hydrogen-bond donors (Lipinski definition) is 2. The molecule has 2 fully saturated rings. The second kappa shape index (κ2) is 13.7. The molecule has 1 aromatic heterocycles. The predicted molar refractivity (Wildman–Crippen MR) is 190 cm³/mol. The van der Waals surface area contributed by atoms with Crippen LogP contribution in [0.1, 0.15) is 18.4 Å². The van der Waals surface area contributed by atoms with Gasteiger partial charge in [-0.15, -0.1) is 0 Å². The minimum Gasteiger partial charge on any atom is -0.494 e. The number of fused-ring (bicyclic) bond motifs is 1. The maximum Gasteiger partial charge on any atom is 0.232 e. The third-order valence-electron chi connectivity index (χ3n) is 9.02.